The van der Waals surface area contributed by atoms with E-state index < -0.39 is 5.91 Å². The number of amides is 1. The Kier molecular flexibility index (Phi) is 3.09. The molecule has 3 heterocycles. The Bertz CT molecular complexity index is 771. The molecule has 3 aromatic heterocycles. The van der Waals surface area contributed by atoms with E-state index in [1.165, 1.54) is 0 Å². The van der Waals surface area contributed by atoms with Crippen LogP contribution in [-0.4, -0.2) is 20.9 Å². The predicted molar refractivity (Wildman–Crippen MR) is 75.1 cm³/mol. The van der Waals surface area contributed by atoms with Gasteiger partial charge in [-0.05, 0) is 29.8 Å². The van der Waals surface area contributed by atoms with Crippen molar-refractivity contribution < 1.29 is 4.79 Å². The third-order valence-corrected chi connectivity index (χ3v) is 3.07. The number of pyridine rings is 3. The molecule has 3 aromatic rings. The second kappa shape index (κ2) is 5.05. The molecule has 3 rings (SSSR count). The number of nitrogens with zero attached hydrogens (tertiary/aromatic N) is 3. The Labute approximate surface area is 115 Å². The maximum atomic E-state index is 11.3. The summed E-state index contributed by atoms with van der Waals surface area (Å²) in [5, 5.41) is 0.890. The van der Waals surface area contributed by atoms with Gasteiger partial charge in [-0.15, -0.1) is 0 Å². The largest absolute Gasteiger partial charge is 0.364 e. The van der Waals surface area contributed by atoms with Crippen molar-refractivity contribution in [3.8, 4) is 0 Å². The van der Waals surface area contributed by atoms with Crippen LogP contribution in [0.3, 0.4) is 0 Å². The first-order valence-electron chi connectivity index (χ1n) is 6.16. The van der Waals surface area contributed by atoms with Gasteiger partial charge in [0.1, 0.15) is 5.69 Å². The molecule has 0 fully saturated rings. The summed E-state index contributed by atoms with van der Waals surface area (Å²) in [6.45, 7) is 0. The van der Waals surface area contributed by atoms with Gasteiger partial charge in [0.25, 0.3) is 5.91 Å². The Morgan fingerprint density at radius 1 is 1.05 bits per heavy atom. The molecule has 0 aliphatic heterocycles. The smallest absolute Gasteiger partial charge is 0.267 e. The molecule has 0 aliphatic carbocycles. The highest BCUT2D eigenvalue weighted by atomic mass is 16.1. The van der Waals surface area contributed by atoms with Gasteiger partial charge in [-0.1, -0.05) is 0 Å². The summed E-state index contributed by atoms with van der Waals surface area (Å²) in [6, 6.07) is 7.31. The topological polar surface area (TPSA) is 81.8 Å². The zero-order valence-electron chi connectivity index (χ0n) is 10.7. The second-order valence-corrected chi connectivity index (χ2v) is 4.46. The molecule has 0 aliphatic rings. The van der Waals surface area contributed by atoms with Gasteiger partial charge in [0.15, 0.2) is 0 Å². The Balaban J connectivity index is 2.10. The van der Waals surface area contributed by atoms with Crippen LogP contribution in [0, 0.1) is 0 Å². The summed E-state index contributed by atoms with van der Waals surface area (Å²) < 4.78 is 0. The normalized spacial score (nSPS) is 10.6. The number of hydrogen-bond donors (Lipinski definition) is 1. The molecule has 1 amide bonds. The molecular weight excluding hydrogens is 252 g/mol. The van der Waals surface area contributed by atoms with E-state index in [-0.39, 0.29) is 5.69 Å². The maximum absolute atomic E-state index is 11.3. The minimum Gasteiger partial charge on any atom is -0.364 e. The number of primary amides is 1. The van der Waals surface area contributed by atoms with E-state index in [4.69, 9.17) is 5.73 Å². The zero-order valence-corrected chi connectivity index (χ0v) is 10.7. The van der Waals surface area contributed by atoms with E-state index in [0.29, 0.717) is 6.42 Å². The fraction of sp³-hybridized carbons (Fsp3) is 0.0667. The average molecular weight is 264 g/mol. The van der Waals surface area contributed by atoms with Gasteiger partial charge in [-0.2, -0.15) is 0 Å². The number of fused-ring (bicyclic) bond motifs is 1. The van der Waals surface area contributed by atoms with Gasteiger partial charge in [0, 0.05) is 42.2 Å². The molecule has 98 valence electrons. The first-order valence-corrected chi connectivity index (χ1v) is 6.16. The summed E-state index contributed by atoms with van der Waals surface area (Å²) in [5.41, 5.74) is 8.37. The average Bonchev–Trinajstić information content (AvgIpc) is 2.48. The molecule has 0 aromatic carbocycles. The summed E-state index contributed by atoms with van der Waals surface area (Å²) in [7, 11) is 0. The number of nitrogens with two attached hydrogens (primary N) is 1. The van der Waals surface area contributed by atoms with E-state index in [1.807, 2.05) is 18.2 Å². The van der Waals surface area contributed by atoms with Crippen molar-refractivity contribution >= 4 is 16.8 Å². The van der Waals surface area contributed by atoms with Crippen LogP contribution in [0.5, 0.6) is 0 Å². The highest BCUT2D eigenvalue weighted by Gasteiger charge is 2.08. The van der Waals surface area contributed by atoms with Crippen LogP contribution in [0.1, 0.15) is 21.6 Å². The van der Waals surface area contributed by atoms with Crippen molar-refractivity contribution in [2.75, 3.05) is 0 Å². The maximum Gasteiger partial charge on any atom is 0.267 e. The standard InChI is InChI=1S/C15H12N4O/c16-15(20)13-2-1-11-8-18-9-12(14(11)19-13)7-10-3-5-17-6-4-10/h1-6,8-9H,7H2,(H2,16,20). The van der Waals surface area contributed by atoms with E-state index >= 15 is 0 Å². The van der Waals surface area contributed by atoms with Gasteiger partial charge >= 0.3 is 0 Å². The first-order chi connectivity index (χ1) is 9.74. The van der Waals surface area contributed by atoms with E-state index in [2.05, 4.69) is 15.0 Å². The molecule has 0 unspecified atom stereocenters. The van der Waals surface area contributed by atoms with Crippen molar-refractivity contribution in [2.45, 2.75) is 6.42 Å². The fourth-order valence-corrected chi connectivity index (χ4v) is 2.09. The summed E-state index contributed by atoms with van der Waals surface area (Å²) in [6.07, 6.45) is 7.66. The van der Waals surface area contributed by atoms with E-state index in [1.54, 1.807) is 30.9 Å². The first kappa shape index (κ1) is 12.2. The lowest BCUT2D eigenvalue weighted by atomic mass is 10.1. The van der Waals surface area contributed by atoms with Gasteiger partial charge in [0.05, 0.1) is 5.52 Å². The van der Waals surface area contributed by atoms with Crippen LogP contribution in [-0.2, 0) is 6.42 Å². The monoisotopic (exact) mass is 264 g/mol. The number of carbonyl (C=O) groups is 1. The lowest BCUT2D eigenvalue weighted by Crippen LogP contribution is -2.13. The highest BCUT2D eigenvalue weighted by Crippen LogP contribution is 2.18. The Hall–Kier alpha value is -2.82. The predicted octanol–water partition coefficient (Wildman–Crippen LogP) is 1.71. The lowest BCUT2D eigenvalue weighted by Gasteiger charge is -2.06. The van der Waals surface area contributed by atoms with Crippen LogP contribution < -0.4 is 5.73 Å². The van der Waals surface area contributed by atoms with Crippen molar-refractivity contribution in [1.82, 2.24) is 15.0 Å². The molecule has 5 heteroatoms. The molecule has 0 atom stereocenters. The third kappa shape index (κ3) is 2.33. The molecule has 0 spiro atoms. The number of carbonyl (C=O) groups excluding carboxylic acids is 1. The van der Waals surface area contributed by atoms with Crippen LogP contribution in [0.25, 0.3) is 10.9 Å². The summed E-state index contributed by atoms with van der Waals surface area (Å²) >= 11 is 0. The number of aromatic nitrogens is 3. The van der Waals surface area contributed by atoms with Crippen LogP contribution >= 0.6 is 0 Å². The fourth-order valence-electron chi connectivity index (χ4n) is 2.09. The Morgan fingerprint density at radius 3 is 2.60 bits per heavy atom. The molecule has 20 heavy (non-hydrogen) atoms. The minimum atomic E-state index is -0.529. The SMILES string of the molecule is NC(=O)c1ccc2cncc(Cc3ccncc3)c2n1. The zero-order chi connectivity index (χ0) is 13.9. The van der Waals surface area contributed by atoms with E-state index in [9.17, 15) is 4.79 Å². The highest BCUT2D eigenvalue weighted by molar-refractivity contribution is 5.94. The minimum absolute atomic E-state index is 0.264. The second-order valence-electron chi connectivity index (χ2n) is 4.46. The Morgan fingerprint density at radius 2 is 1.85 bits per heavy atom. The number of hydrogen-bond acceptors (Lipinski definition) is 4. The summed E-state index contributed by atoms with van der Waals surface area (Å²) in [5.74, 6) is -0.529. The van der Waals surface area contributed by atoms with E-state index in [0.717, 1.165) is 22.0 Å². The van der Waals surface area contributed by atoms with Gasteiger partial charge in [-0.25, -0.2) is 4.98 Å². The molecule has 0 radical (unpaired) electrons. The van der Waals surface area contributed by atoms with Crippen LogP contribution in [0.4, 0.5) is 0 Å². The van der Waals surface area contributed by atoms with Crippen molar-refractivity contribution in [3.63, 3.8) is 0 Å². The van der Waals surface area contributed by atoms with Crippen molar-refractivity contribution in [3.05, 3.63) is 65.9 Å². The molecular formula is C15H12N4O. The summed E-state index contributed by atoms with van der Waals surface area (Å²) in [4.78, 5) is 23.8. The number of rotatable bonds is 3. The van der Waals surface area contributed by atoms with Gasteiger partial charge < -0.3 is 5.73 Å². The van der Waals surface area contributed by atoms with Gasteiger partial charge in [-0.3, -0.25) is 14.8 Å². The molecule has 2 N–H and O–H groups in total. The van der Waals surface area contributed by atoms with Gasteiger partial charge in [0.2, 0.25) is 0 Å². The quantitative estimate of drug-likeness (QED) is 0.780. The molecule has 5 nitrogen and oxygen atoms in total. The molecule has 0 saturated heterocycles. The lowest BCUT2D eigenvalue weighted by molar-refractivity contribution is 0.0996. The molecule has 0 saturated carbocycles. The van der Waals surface area contributed by atoms with Crippen LogP contribution in [0.15, 0.2) is 49.1 Å². The van der Waals surface area contributed by atoms with Crippen molar-refractivity contribution in [2.24, 2.45) is 5.73 Å². The van der Waals surface area contributed by atoms with Crippen molar-refractivity contribution in [1.29, 1.82) is 0 Å². The molecule has 0 bridgehead atoms. The third-order valence-electron chi connectivity index (χ3n) is 3.07. The van der Waals surface area contributed by atoms with Crippen LogP contribution in [0.2, 0.25) is 0 Å².